The molecule has 0 N–H and O–H groups in total. The Hall–Kier alpha value is -1.36. The fraction of sp³-hybridized carbons (Fsp3) is 0.692. The van der Waals surface area contributed by atoms with Crippen molar-refractivity contribution in [3.05, 3.63) is 11.1 Å². The number of carbonyl (C=O) groups is 2. The first-order valence-electron chi connectivity index (χ1n) is 5.91. The molecule has 0 aromatic heterocycles. The quantitative estimate of drug-likeness (QED) is 0.311. The lowest BCUT2D eigenvalue weighted by Crippen LogP contribution is -2.28. The van der Waals surface area contributed by atoms with Gasteiger partial charge in [0.1, 0.15) is 5.57 Å². The normalized spacial score (nSPS) is 11.9. The van der Waals surface area contributed by atoms with Crippen molar-refractivity contribution in [1.29, 1.82) is 0 Å². The van der Waals surface area contributed by atoms with E-state index in [9.17, 15) is 9.59 Å². The van der Waals surface area contributed by atoms with Crippen LogP contribution >= 0.6 is 0 Å². The highest BCUT2D eigenvalue weighted by molar-refractivity contribution is 6.14. The third kappa shape index (κ3) is 4.49. The molecule has 0 radical (unpaired) electrons. The van der Waals surface area contributed by atoms with E-state index in [0.717, 1.165) is 6.42 Å². The summed E-state index contributed by atoms with van der Waals surface area (Å²) in [6.45, 7) is 3.82. The lowest BCUT2D eigenvalue weighted by atomic mass is 9.99. The van der Waals surface area contributed by atoms with E-state index in [2.05, 4.69) is 21.3 Å². The summed E-state index contributed by atoms with van der Waals surface area (Å²) in [6.07, 6.45) is 1.56. The van der Waals surface area contributed by atoms with E-state index in [4.69, 9.17) is 0 Å². The summed E-state index contributed by atoms with van der Waals surface area (Å²) >= 11 is 0. The molecule has 0 aromatic rings. The Morgan fingerprint density at radius 2 is 1.56 bits per heavy atom. The number of methoxy groups -OCH3 is 2. The number of hydrogen-bond donors (Lipinski definition) is 0. The Morgan fingerprint density at radius 3 is 1.83 bits per heavy atom. The fourth-order valence-corrected chi connectivity index (χ4v) is 1.78. The van der Waals surface area contributed by atoms with Gasteiger partial charge in [-0.2, -0.15) is 0 Å². The standard InChI is InChI=1S/C13H23NO4/c1-7-10(14(3)4)8-9(2)11(12(15)17-5)13(16)18-6/h10H,7-8H2,1-6H3. The van der Waals surface area contributed by atoms with Crippen LogP contribution in [-0.2, 0) is 19.1 Å². The molecule has 0 aromatic carbocycles. The van der Waals surface area contributed by atoms with Crippen molar-refractivity contribution in [3.63, 3.8) is 0 Å². The van der Waals surface area contributed by atoms with E-state index < -0.39 is 11.9 Å². The average molecular weight is 257 g/mol. The Bertz CT molecular complexity index is 316. The van der Waals surface area contributed by atoms with E-state index in [-0.39, 0.29) is 11.6 Å². The molecule has 0 aliphatic carbocycles. The van der Waals surface area contributed by atoms with E-state index in [1.807, 2.05) is 14.1 Å². The Morgan fingerprint density at radius 1 is 1.11 bits per heavy atom. The largest absolute Gasteiger partial charge is 0.465 e. The molecule has 1 atom stereocenters. The number of hydrogen-bond acceptors (Lipinski definition) is 5. The zero-order chi connectivity index (χ0) is 14.3. The molecule has 5 nitrogen and oxygen atoms in total. The van der Waals surface area contributed by atoms with E-state index in [0.29, 0.717) is 12.0 Å². The van der Waals surface area contributed by atoms with Gasteiger partial charge in [-0.15, -0.1) is 0 Å². The minimum Gasteiger partial charge on any atom is -0.465 e. The number of nitrogens with zero attached hydrogens (tertiary/aromatic N) is 1. The Labute approximate surface area is 109 Å². The number of esters is 2. The number of rotatable bonds is 6. The van der Waals surface area contributed by atoms with E-state index in [1.165, 1.54) is 14.2 Å². The fourth-order valence-electron chi connectivity index (χ4n) is 1.78. The number of carbonyl (C=O) groups excluding carboxylic acids is 2. The maximum Gasteiger partial charge on any atom is 0.345 e. The molecule has 0 saturated heterocycles. The summed E-state index contributed by atoms with van der Waals surface area (Å²) in [5.41, 5.74) is 0.689. The molecule has 0 amide bonds. The lowest BCUT2D eigenvalue weighted by Gasteiger charge is -2.23. The van der Waals surface area contributed by atoms with Crippen LogP contribution in [-0.4, -0.2) is 51.2 Å². The zero-order valence-corrected chi connectivity index (χ0v) is 12.1. The summed E-state index contributed by atoms with van der Waals surface area (Å²) in [6, 6.07) is 0.273. The van der Waals surface area contributed by atoms with Crippen molar-refractivity contribution >= 4 is 11.9 Å². The van der Waals surface area contributed by atoms with Crippen LogP contribution < -0.4 is 0 Å². The first-order chi connectivity index (χ1) is 8.38. The highest BCUT2D eigenvalue weighted by Gasteiger charge is 2.24. The molecule has 0 bridgehead atoms. The van der Waals surface area contributed by atoms with Crippen LogP contribution in [0, 0.1) is 0 Å². The topological polar surface area (TPSA) is 55.8 Å². The molecule has 104 valence electrons. The molecular weight excluding hydrogens is 234 g/mol. The minimum absolute atomic E-state index is 0.000278. The van der Waals surface area contributed by atoms with Crippen LogP contribution in [0.2, 0.25) is 0 Å². The summed E-state index contributed by atoms with van der Waals surface area (Å²) in [7, 11) is 6.44. The first kappa shape index (κ1) is 16.6. The second kappa shape index (κ2) is 7.87. The molecular formula is C13H23NO4. The van der Waals surface area contributed by atoms with Crippen LogP contribution in [0.1, 0.15) is 26.7 Å². The van der Waals surface area contributed by atoms with Gasteiger partial charge in [-0.05, 0) is 39.4 Å². The average Bonchev–Trinajstić information content (AvgIpc) is 2.34. The van der Waals surface area contributed by atoms with Gasteiger partial charge in [0.05, 0.1) is 14.2 Å². The highest BCUT2D eigenvalue weighted by Crippen LogP contribution is 2.17. The maximum atomic E-state index is 11.6. The van der Waals surface area contributed by atoms with Crippen molar-refractivity contribution in [2.45, 2.75) is 32.7 Å². The predicted octanol–water partition coefficient (Wildman–Crippen LogP) is 1.38. The summed E-state index contributed by atoms with van der Waals surface area (Å²) in [5.74, 6) is -1.29. The molecule has 0 saturated carbocycles. The molecule has 0 heterocycles. The molecule has 1 unspecified atom stereocenters. The highest BCUT2D eigenvalue weighted by atomic mass is 16.5. The minimum atomic E-state index is -0.645. The third-order valence-electron chi connectivity index (χ3n) is 2.95. The van der Waals surface area contributed by atoms with Gasteiger partial charge in [-0.3, -0.25) is 0 Å². The zero-order valence-electron chi connectivity index (χ0n) is 12.1. The van der Waals surface area contributed by atoms with Crippen molar-refractivity contribution in [2.75, 3.05) is 28.3 Å². The smallest absolute Gasteiger partial charge is 0.345 e. The molecule has 0 fully saturated rings. The van der Waals surface area contributed by atoms with Crippen LogP contribution in [0.3, 0.4) is 0 Å². The summed E-state index contributed by atoms with van der Waals surface area (Å²) < 4.78 is 9.24. The Balaban J connectivity index is 5.20. The van der Waals surface area contributed by atoms with Gasteiger partial charge in [0.25, 0.3) is 0 Å². The second-order valence-electron chi connectivity index (χ2n) is 4.37. The molecule has 5 heteroatoms. The van der Waals surface area contributed by atoms with E-state index in [1.54, 1.807) is 6.92 Å². The van der Waals surface area contributed by atoms with Crippen LogP contribution in [0.25, 0.3) is 0 Å². The molecule has 0 spiro atoms. The van der Waals surface area contributed by atoms with Gasteiger partial charge in [0.15, 0.2) is 0 Å². The molecule has 0 rings (SSSR count). The first-order valence-corrected chi connectivity index (χ1v) is 5.91. The molecule has 0 aliphatic rings. The maximum absolute atomic E-state index is 11.6. The van der Waals surface area contributed by atoms with Gasteiger partial charge in [-0.25, -0.2) is 9.59 Å². The van der Waals surface area contributed by atoms with Crippen molar-refractivity contribution in [1.82, 2.24) is 4.90 Å². The van der Waals surface area contributed by atoms with Crippen molar-refractivity contribution in [2.24, 2.45) is 0 Å². The van der Waals surface area contributed by atoms with Gasteiger partial charge in [-0.1, -0.05) is 6.92 Å². The number of ether oxygens (including phenoxy) is 2. The van der Waals surface area contributed by atoms with E-state index >= 15 is 0 Å². The predicted molar refractivity (Wildman–Crippen MR) is 69.1 cm³/mol. The lowest BCUT2D eigenvalue weighted by molar-refractivity contribution is -0.144. The monoisotopic (exact) mass is 257 g/mol. The van der Waals surface area contributed by atoms with Crippen LogP contribution in [0.5, 0.6) is 0 Å². The van der Waals surface area contributed by atoms with Crippen molar-refractivity contribution < 1.29 is 19.1 Å². The second-order valence-corrected chi connectivity index (χ2v) is 4.37. The molecule has 0 aliphatic heterocycles. The van der Waals surface area contributed by atoms with Gasteiger partial charge in [0, 0.05) is 6.04 Å². The summed E-state index contributed by atoms with van der Waals surface area (Å²) in [4.78, 5) is 25.3. The SMILES string of the molecule is CCC(CC(C)=C(C(=O)OC)C(=O)OC)N(C)C. The molecule has 18 heavy (non-hydrogen) atoms. The van der Waals surface area contributed by atoms with Gasteiger partial charge < -0.3 is 14.4 Å². The summed E-state index contributed by atoms with van der Waals surface area (Å²) in [5, 5.41) is 0. The third-order valence-corrected chi connectivity index (χ3v) is 2.95. The Kier molecular flexibility index (Phi) is 7.27. The van der Waals surface area contributed by atoms with Gasteiger partial charge >= 0.3 is 11.9 Å². The van der Waals surface area contributed by atoms with Gasteiger partial charge in [0.2, 0.25) is 0 Å². The van der Waals surface area contributed by atoms with Crippen LogP contribution in [0.15, 0.2) is 11.1 Å². The van der Waals surface area contributed by atoms with Crippen molar-refractivity contribution in [3.8, 4) is 0 Å². The van der Waals surface area contributed by atoms with Crippen LogP contribution in [0.4, 0.5) is 0 Å².